The quantitative estimate of drug-likeness (QED) is 0.928. The number of methoxy groups -OCH3 is 2. The van der Waals surface area contributed by atoms with Crippen molar-refractivity contribution in [3.63, 3.8) is 0 Å². The van der Waals surface area contributed by atoms with Crippen LogP contribution in [0, 0.1) is 0 Å². The molecular formula is C12H13BrO4. The lowest BCUT2D eigenvalue weighted by Crippen LogP contribution is -2.20. The van der Waals surface area contributed by atoms with Gasteiger partial charge < -0.3 is 14.6 Å². The molecule has 1 saturated carbocycles. The topological polar surface area (TPSA) is 55.8 Å². The van der Waals surface area contributed by atoms with Crippen molar-refractivity contribution >= 4 is 21.9 Å². The Bertz CT molecular complexity index is 466. The Balaban J connectivity index is 2.54. The summed E-state index contributed by atoms with van der Waals surface area (Å²) in [4.78, 5) is 11.3. The molecule has 0 aliphatic heterocycles. The Kier molecular flexibility index (Phi) is 3.03. The van der Waals surface area contributed by atoms with Gasteiger partial charge in [0.05, 0.1) is 24.1 Å². The third-order valence-electron chi connectivity index (χ3n) is 3.15. The number of hydrogen-bond acceptors (Lipinski definition) is 3. The Morgan fingerprint density at radius 2 is 1.88 bits per heavy atom. The first-order chi connectivity index (χ1) is 8.05. The number of carboxylic acids is 1. The Morgan fingerprint density at radius 1 is 1.29 bits per heavy atom. The van der Waals surface area contributed by atoms with Gasteiger partial charge in [-0.05, 0) is 34.8 Å². The third-order valence-corrected chi connectivity index (χ3v) is 3.77. The Labute approximate surface area is 108 Å². The molecule has 0 spiro atoms. The van der Waals surface area contributed by atoms with Gasteiger partial charge in [-0.15, -0.1) is 0 Å². The fraction of sp³-hybridized carbons (Fsp3) is 0.417. The smallest absolute Gasteiger partial charge is 0.314 e. The molecule has 0 aromatic heterocycles. The lowest BCUT2D eigenvalue weighted by molar-refractivity contribution is -0.140. The van der Waals surface area contributed by atoms with Gasteiger partial charge in [0.1, 0.15) is 11.5 Å². The maximum absolute atomic E-state index is 11.3. The lowest BCUT2D eigenvalue weighted by Gasteiger charge is -2.16. The molecule has 0 amide bonds. The molecule has 1 aromatic carbocycles. The van der Waals surface area contributed by atoms with Gasteiger partial charge in [-0.3, -0.25) is 4.79 Å². The molecule has 0 radical (unpaired) electrons. The van der Waals surface area contributed by atoms with Gasteiger partial charge >= 0.3 is 5.97 Å². The standard InChI is InChI=1S/C12H13BrO4/c1-16-9-6-10(17-2)8(13)5-7(9)12(3-4-12)11(14)15/h5-6H,3-4H2,1-2H3,(H,14,15). The molecule has 1 aliphatic carbocycles. The van der Waals surface area contributed by atoms with Gasteiger partial charge in [0.15, 0.2) is 0 Å². The number of hydrogen-bond donors (Lipinski definition) is 1. The molecule has 4 nitrogen and oxygen atoms in total. The van der Waals surface area contributed by atoms with E-state index in [-0.39, 0.29) is 0 Å². The molecular weight excluding hydrogens is 288 g/mol. The molecule has 0 atom stereocenters. The van der Waals surface area contributed by atoms with Gasteiger partial charge in [0.25, 0.3) is 0 Å². The first kappa shape index (κ1) is 12.2. The zero-order chi connectivity index (χ0) is 12.6. The van der Waals surface area contributed by atoms with E-state index in [0.717, 1.165) is 4.47 Å². The van der Waals surface area contributed by atoms with E-state index in [4.69, 9.17) is 9.47 Å². The number of ether oxygens (including phenoxy) is 2. The largest absolute Gasteiger partial charge is 0.496 e. The summed E-state index contributed by atoms with van der Waals surface area (Å²) >= 11 is 3.37. The Morgan fingerprint density at radius 3 is 2.29 bits per heavy atom. The molecule has 1 N–H and O–H groups in total. The van der Waals surface area contributed by atoms with E-state index < -0.39 is 11.4 Å². The zero-order valence-electron chi connectivity index (χ0n) is 9.62. The highest BCUT2D eigenvalue weighted by atomic mass is 79.9. The second-order valence-electron chi connectivity index (χ2n) is 4.07. The van der Waals surface area contributed by atoms with Crippen LogP contribution in [0.3, 0.4) is 0 Å². The van der Waals surface area contributed by atoms with Crippen LogP contribution in [0.4, 0.5) is 0 Å². The minimum absolute atomic E-state index is 0.560. The summed E-state index contributed by atoms with van der Waals surface area (Å²) in [5, 5.41) is 9.29. The van der Waals surface area contributed by atoms with Crippen molar-refractivity contribution in [3.8, 4) is 11.5 Å². The van der Waals surface area contributed by atoms with E-state index in [0.29, 0.717) is 29.9 Å². The Hall–Kier alpha value is -1.23. The highest BCUT2D eigenvalue weighted by Gasteiger charge is 2.53. The molecule has 1 fully saturated rings. The fourth-order valence-electron chi connectivity index (χ4n) is 1.96. The van der Waals surface area contributed by atoms with Crippen molar-refractivity contribution in [2.45, 2.75) is 18.3 Å². The van der Waals surface area contributed by atoms with Gasteiger partial charge in [-0.25, -0.2) is 0 Å². The number of rotatable bonds is 4. The molecule has 0 heterocycles. The van der Waals surface area contributed by atoms with E-state index in [1.807, 2.05) is 0 Å². The molecule has 0 unspecified atom stereocenters. The molecule has 1 aromatic rings. The van der Waals surface area contributed by atoms with Crippen molar-refractivity contribution in [3.05, 3.63) is 22.2 Å². The van der Waals surface area contributed by atoms with Crippen molar-refractivity contribution in [1.29, 1.82) is 0 Å². The van der Waals surface area contributed by atoms with Crippen LogP contribution in [0.2, 0.25) is 0 Å². The van der Waals surface area contributed by atoms with Crippen LogP contribution in [0.5, 0.6) is 11.5 Å². The summed E-state index contributed by atoms with van der Waals surface area (Å²) in [5.41, 5.74) is -0.0691. The summed E-state index contributed by atoms with van der Waals surface area (Å²) in [6.07, 6.45) is 1.30. The van der Waals surface area contributed by atoms with Crippen LogP contribution < -0.4 is 9.47 Å². The first-order valence-electron chi connectivity index (χ1n) is 5.20. The average molecular weight is 301 g/mol. The van der Waals surface area contributed by atoms with Gasteiger partial charge in [-0.2, -0.15) is 0 Å². The highest BCUT2D eigenvalue weighted by molar-refractivity contribution is 9.10. The molecule has 2 rings (SSSR count). The van der Waals surface area contributed by atoms with Crippen LogP contribution >= 0.6 is 15.9 Å². The van der Waals surface area contributed by atoms with E-state index in [1.165, 1.54) is 7.11 Å². The van der Waals surface area contributed by atoms with E-state index in [1.54, 1.807) is 19.2 Å². The second kappa shape index (κ2) is 4.22. The van der Waals surface area contributed by atoms with Crippen LogP contribution in [0.15, 0.2) is 16.6 Å². The maximum Gasteiger partial charge on any atom is 0.314 e. The van der Waals surface area contributed by atoms with Crippen molar-refractivity contribution in [2.75, 3.05) is 14.2 Å². The monoisotopic (exact) mass is 300 g/mol. The van der Waals surface area contributed by atoms with Crippen molar-refractivity contribution in [1.82, 2.24) is 0 Å². The van der Waals surface area contributed by atoms with E-state index in [2.05, 4.69) is 15.9 Å². The molecule has 0 saturated heterocycles. The zero-order valence-corrected chi connectivity index (χ0v) is 11.2. The fourth-order valence-corrected chi connectivity index (χ4v) is 2.46. The molecule has 1 aliphatic rings. The van der Waals surface area contributed by atoms with Crippen LogP contribution in [0.25, 0.3) is 0 Å². The SMILES string of the molecule is COc1cc(OC)c(C2(C(=O)O)CC2)cc1Br. The summed E-state index contributed by atoms with van der Waals surface area (Å²) in [6.45, 7) is 0. The third kappa shape index (κ3) is 1.88. The lowest BCUT2D eigenvalue weighted by atomic mass is 9.95. The van der Waals surface area contributed by atoms with Gasteiger partial charge in [-0.1, -0.05) is 0 Å². The molecule has 92 valence electrons. The predicted molar refractivity (Wildman–Crippen MR) is 65.8 cm³/mol. The first-order valence-corrected chi connectivity index (χ1v) is 6.00. The average Bonchev–Trinajstić information content (AvgIpc) is 3.09. The van der Waals surface area contributed by atoms with E-state index in [9.17, 15) is 9.90 Å². The number of carbonyl (C=O) groups is 1. The molecule has 17 heavy (non-hydrogen) atoms. The minimum atomic E-state index is -0.798. The number of carboxylic acid groups (broad SMARTS) is 1. The highest BCUT2D eigenvalue weighted by Crippen LogP contribution is 2.53. The summed E-state index contributed by atoms with van der Waals surface area (Å²) in [6, 6.07) is 3.49. The molecule has 5 heteroatoms. The van der Waals surface area contributed by atoms with Crippen LogP contribution in [0.1, 0.15) is 18.4 Å². The summed E-state index contributed by atoms with van der Waals surface area (Å²) in [5.74, 6) is 0.393. The minimum Gasteiger partial charge on any atom is -0.496 e. The van der Waals surface area contributed by atoms with E-state index >= 15 is 0 Å². The van der Waals surface area contributed by atoms with Crippen molar-refractivity contribution < 1.29 is 19.4 Å². The summed E-state index contributed by atoms with van der Waals surface area (Å²) in [7, 11) is 3.09. The second-order valence-corrected chi connectivity index (χ2v) is 4.93. The number of aliphatic carboxylic acids is 1. The van der Waals surface area contributed by atoms with Crippen molar-refractivity contribution in [2.24, 2.45) is 0 Å². The maximum atomic E-state index is 11.3. The van der Waals surface area contributed by atoms with Crippen LogP contribution in [-0.4, -0.2) is 25.3 Å². The normalized spacial score (nSPS) is 16.4. The van der Waals surface area contributed by atoms with Gasteiger partial charge in [0.2, 0.25) is 0 Å². The number of halogens is 1. The molecule has 0 bridgehead atoms. The number of benzene rings is 1. The summed E-state index contributed by atoms with van der Waals surface area (Å²) < 4.78 is 11.2. The van der Waals surface area contributed by atoms with Crippen LogP contribution in [-0.2, 0) is 10.2 Å². The predicted octanol–water partition coefficient (Wildman–Crippen LogP) is 2.58. The van der Waals surface area contributed by atoms with Gasteiger partial charge in [0, 0.05) is 11.6 Å².